The number of thioether (sulfide) groups is 1. The molecule has 0 radical (unpaired) electrons. The normalized spacial score (nSPS) is 10.8. The Bertz CT molecular complexity index is 1180. The molecule has 0 aliphatic carbocycles. The summed E-state index contributed by atoms with van der Waals surface area (Å²) >= 11 is 3.27. The predicted octanol–water partition coefficient (Wildman–Crippen LogP) is 6.12. The summed E-state index contributed by atoms with van der Waals surface area (Å²) in [7, 11) is 0. The van der Waals surface area contributed by atoms with Gasteiger partial charge in [0.15, 0.2) is 4.34 Å². The van der Waals surface area contributed by atoms with Crippen molar-refractivity contribution in [2.75, 3.05) is 11.6 Å². The molecular formula is C22H19N3O3S2. The van der Waals surface area contributed by atoms with Crippen molar-refractivity contribution in [1.82, 2.24) is 4.98 Å². The third kappa shape index (κ3) is 4.72. The highest BCUT2D eigenvalue weighted by Crippen LogP contribution is 2.31. The van der Waals surface area contributed by atoms with Gasteiger partial charge < -0.3 is 10.1 Å². The summed E-state index contributed by atoms with van der Waals surface area (Å²) in [5.41, 5.74) is 3.47. The number of nitrogens with one attached hydrogen (secondary N) is 1. The van der Waals surface area contributed by atoms with Gasteiger partial charge in [-0.15, -0.1) is 11.3 Å². The van der Waals surface area contributed by atoms with Crippen molar-refractivity contribution < 1.29 is 9.66 Å². The fourth-order valence-electron chi connectivity index (χ4n) is 2.99. The monoisotopic (exact) mass is 437 g/mol. The zero-order valence-corrected chi connectivity index (χ0v) is 17.8. The first kappa shape index (κ1) is 20.2. The fourth-order valence-corrected chi connectivity index (χ4v) is 4.54. The Hall–Kier alpha value is -3.10. The smallest absolute Gasteiger partial charge is 0.296 e. The van der Waals surface area contributed by atoms with Crippen LogP contribution in [0.5, 0.6) is 5.75 Å². The largest absolute Gasteiger partial charge is 0.489 e. The minimum atomic E-state index is -0.394. The van der Waals surface area contributed by atoms with E-state index < -0.39 is 4.92 Å². The minimum absolute atomic E-state index is 0.0101. The lowest BCUT2D eigenvalue weighted by molar-refractivity contribution is -0.384. The molecule has 3 aromatic carbocycles. The van der Waals surface area contributed by atoms with Crippen LogP contribution in [-0.4, -0.2) is 16.2 Å². The number of nitro benzene ring substituents is 1. The Morgan fingerprint density at radius 3 is 2.70 bits per heavy atom. The number of hydrogen-bond donors (Lipinski definition) is 1. The van der Waals surface area contributed by atoms with Gasteiger partial charge in [0.2, 0.25) is 0 Å². The standard InChI is InChI=1S/C22H19N3O3S2/c1-29-22-24-19-9-7-16(11-21(19)30-22)13-23-18-10-8-17(12-20(18)25(26)27)28-14-15-5-3-2-4-6-15/h2-12,23H,13-14H2,1H3. The van der Waals surface area contributed by atoms with Crippen LogP contribution in [0.1, 0.15) is 11.1 Å². The maximum Gasteiger partial charge on any atom is 0.296 e. The van der Waals surface area contributed by atoms with Crippen molar-refractivity contribution in [2.24, 2.45) is 0 Å². The summed E-state index contributed by atoms with van der Waals surface area (Å²) in [6.07, 6.45) is 2.01. The van der Waals surface area contributed by atoms with Gasteiger partial charge in [-0.05, 0) is 41.6 Å². The first-order chi connectivity index (χ1) is 14.6. The first-order valence-corrected chi connectivity index (χ1v) is 11.3. The number of anilines is 1. The molecule has 0 spiro atoms. The lowest BCUT2D eigenvalue weighted by Crippen LogP contribution is -2.03. The van der Waals surface area contributed by atoms with Crippen LogP contribution in [0.3, 0.4) is 0 Å². The summed E-state index contributed by atoms with van der Waals surface area (Å²) in [6.45, 7) is 0.838. The zero-order chi connectivity index (χ0) is 20.9. The average molecular weight is 438 g/mol. The Balaban J connectivity index is 1.47. The summed E-state index contributed by atoms with van der Waals surface area (Å²) < 4.78 is 7.86. The van der Waals surface area contributed by atoms with Gasteiger partial charge in [0.1, 0.15) is 18.0 Å². The Labute approximate surface area is 182 Å². The van der Waals surface area contributed by atoms with Crippen molar-refractivity contribution in [2.45, 2.75) is 17.5 Å². The highest BCUT2D eigenvalue weighted by molar-refractivity contribution is 8.00. The Kier molecular flexibility index (Phi) is 6.15. The molecule has 0 aliphatic heterocycles. The van der Waals surface area contributed by atoms with E-state index in [1.165, 1.54) is 6.07 Å². The molecular weight excluding hydrogens is 418 g/mol. The Morgan fingerprint density at radius 1 is 1.10 bits per heavy atom. The van der Waals surface area contributed by atoms with Crippen LogP contribution in [0.4, 0.5) is 11.4 Å². The van der Waals surface area contributed by atoms with Gasteiger partial charge in [0.25, 0.3) is 5.69 Å². The second-order valence-electron chi connectivity index (χ2n) is 6.55. The molecule has 0 bridgehead atoms. The van der Waals surface area contributed by atoms with E-state index in [9.17, 15) is 10.1 Å². The topological polar surface area (TPSA) is 77.3 Å². The van der Waals surface area contributed by atoms with Crippen LogP contribution >= 0.6 is 23.1 Å². The van der Waals surface area contributed by atoms with Crippen LogP contribution in [0, 0.1) is 10.1 Å². The Morgan fingerprint density at radius 2 is 1.93 bits per heavy atom. The number of fused-ring (bicyclic) bond motifs is 1. The highest BCUT2D eigenvalue weighted by atomic mass is 32.2. The number of benzene rings is 3. The molecule has 0 atom stereocenters. The number of hydrogen-bond acceptors (Lipinski definition) is 7. The van der Waals surface area contributed by atoms with Crippen LogP contribution in [0.15, 0.2) is 71.1 Å². The van der Waals surface area contributed by atoms with E-state index in [0.29, 0.717) is 24.6 Å². The molecule has 152 valence electrons. The van der Waals surface area contributed by atoms with Gasteiger partial charge >= 0.3 is 0 Å². The average Bonchev–Trinajstić information content (AvgIpc) is 3.19. The molecule has 0 fully saturated rings. The van der Waals surface area contributed by atoms with Gasteiger partial charge in [-0.25, -0.2) is 4.98 Å². The van der Waals surface area contributed by atoms with Crippen molar-refractivity contribution in [1.29, 1.82) is 0 Å². The summed E-state index contributed by atoms with van der Waals surface area (Å²) in [4.78, 5) is 15.7. The molecule has 0 aliphatic rings. The fraction of sp³-hybridized carbons (Fsp3) is 0.136. The van der Waals surface area contributed by atoms with Gasteiger partial charge in [-0.2, -0.15) is 0 Å². The van der Waals surface area contributed by atoms with Gasteiger partial charge in [0.05, 0.1) is 21.2 Å². The van der Waals surface area contributed by atoms with Crippen molar-refractivity contribution in [3.63, 3.8) is 0 Å². The number of thiazole rings is 1. The maximum atomic E-state index is 11.6. The third-order valence-electron chi connectivity index (χ3n) is 4.51. The lowest BCUT2D eigenvalue weighted by Gasteiger charge is -2.10. The van der Waals surface area contributed by atoms with E-state index in [1.807, 2.05) is 48.7 Å². The van der Waals surface area contributed by atoms with Crippen LogP contribution in [-0.2, 0) is 13.2 Å². The minimum Gasteiger partial charge on any atom is -0.489 e. The van der Waals surface area contributed by atoms with E-state index in [1.54, 1.807) is 35.2 Å². The van der Waals surface area contributed by atoms with E-state index in [-0.39, 0.29) is 5.69 Å². The molecule has 1 heterocycles. The molecule has 30 heavy (non-hydrogen) atoms. The van der Waals surface area contributed by atoms with E-state index in [2.05, 4.69) is 16.4 Å². The van der Waals surface area contributed by atoms with E-state index in [4.69, 9.17) is 4.74 Å². The molecule has 4 rings (SSSR count). The molecule has 0 saturated carbocycles. The summed E-state index contributed by atoms with van der Waals surface area (Å²) in [5.74, 6) is 0.465. The highest BCUT2D eigenvalue weighted by Gasteiger charge is 2.15. The van der Waals surface area contributed by atoms with Crippen molar-refractivity contribution >= 4 is 44.7 Å². The lowest BCUT2D eigenvalue weighted by atomic mass is 10.2. The summed E-state index contributed by atoms with van der Waals surface area (Å²) in [5, 5.41) is 14.8. The molecule has 1 aromatic heterocycles. The van der Waals surface area contributed by atoms with Crippen LogP contribution < -0.4 is 10.1 Å². The van der Waals surface area contributed by atoms with Gasteiger partial charge in [0, 0.05) is 6.54 Å². The second kappa shape index (κ2) is 9.15. The molecule has 1 N–H and O–H groups in total. The molecule has 0 saturated heterocycles. The third-order valence-corrected chi connectivity index (χ3v) is 6.51. The van der Waals surface area contributed by atoms with Gasteiger partial charge in [-0.3, -0.25) is 10.1 Å². The zero-order valence-electron chi connectivity index (χ0n) is 16.2. The molecule has 4 aromatic rings. The van der Waals surface area contributed by atoms with Gasteiger partial charge in [-0.1, -0.05) is 48.2 Å². The van der Waals surface area contributed by atoms with E-state index in [0.717, 1.165) is 25.7 Å². The van der Waals surface area contributed by atoms with Crippen LogP contribution in [0.25, 0.3) is 10.2 Å². The molecule has 0 unspecified atom stereocenters. The van der Waals surface area contributed by atoms with Crippen molar-refractivity contribution in [3.05, 3.63) is 88.0 Å². The molecule has 0 amide bonds. The first-order valence-electron chi connectivity index (χ1n) is 9.25. The molecule has 8 heteroatoms. The number of rotatable bonds is 8. The van der Waals surface area contributed by atoms with Crippen LogP contribution in [0.2, 0.25) is 0 Å². The quantitative estimate of drug-likeness (QED) is 0.203. The number of nitro groups is 1. The molecule has 6 nitrogen and oxygen atoms in total. The maximum absolute atomic E-state index is 11.6. The van der Waals surface area contributed by atoms with Crippen molar-refractivity contribution in [3.8, 4) is 5.75 Å². The van der Waals surface area contributed by atoms with E-state index >= 15 is 0 Å². The SMILES string of the molecule is CSc1nc2ccc(CNc3ccc(OCc4ccccc4)cc3[N+](=O)[O-])cc2s1. The predicted molar refractivity (Wildman–Crippen MR) is 123 cm³/mol. The second-order valence-corrected chi connectivity index (χ2v) is 8.63. The number of ether oxygens (including phenoxy) is 1. The summed E-state index contributed by atoms with van der Waals surface area (Å²) in [6, 6.07) is 20.6. The number of aromatic nitrogens is 1. The number of nitrogens with zero attached hydrogens (tertiary/aromatic N) is 2.